The molecule has 2 atom stereocenters. The Hall–Kier alpha value is -2.41. The highest BCUT2D eigenvalue weighted by Crippen LogP contribution is 2.37. The van der Waals surface area contributed by atoms with Gasteiger partial charge in [0.25, 0.3) is 5.56 Å². The van der Waals surface area contributed by atoms with E-state index in [1.165, 1.54) is 17.5 Å². The second-order valence-electron chi connectivity index (χ2n) is 6.71. The molecule has 7 heteroatoms. The van der Waals surface area contributed by atoms with E-state index in [1.807, 2.05) is 19.2 Å². The summed E-state index contributed by atoms with van der Waals surface area (Å²) in [6.45, 7) is 2.98. The van der Waals surface area contributed by atoms with Crippen LogP contribution in [-0.2, 0) is 7.05 Å². The van der Waals surface area contributed by atoms with Crippen LogP contribution >= 0.6 is 0 Å². The summed E-state index contributed by atoms with van der Waals surface area (Å²) < 4.78 is 1.34. The van der Waals surface area contributed by atoms with Gasteiger partial charge in [-0.1, -0.05) is 0 Å². The van der Waals surface area contributed by atoms with Gasteiger partial charge in [0.2, 0.25) is 0 Å². The molecular formula is C17H22N6O. The lowest BCUT2D eigenvalue weighted by Crippen LogP contribution is -2.33. The van der Waals surface area contributed by atoms with Crippen molar-refractivity contribution in [1.29, 1.82) is 0 Å². The molecular weight excluding hydrogens is 304 g/mol. The summed E-state index contributed by atoms with van der Waals surface area (Å²) in [5.41, 5.74) is 2.26. The van der Waals surface area contributed by atoms with Crippen LogP contribution in [0.5, 0.6) is 0 Å². The number of nitrogens with zero attached hydrogens (tertiary/aromatic N) is 5. The number of nitrogens with one attached hydrogen (secondary N) is 1. The van der Waals surface area contributed by atoms with Gasteiger partial charge in [0.05, 0.1) is 23.7 Å². The first-order chi connectivity index (χ1) is 11.5. The molecule has 4 heterocycles. The molecule has 4 rings (SSSR count). The van der Waals surface area contributed by atoms with Crippen molar-refractivity contribution in [1.82, 2.24) is 19.7 Å². The molecule has 2 aromatic heterocycles. The van der Waals surface area contributed by atoms with Crippen molar-refractivity contribution in [3.05, 3.63) is 40.4 Å². The third-order valence-corrected chi connectivity index (χ3v) is 4.97. The number of hydrogen-bond donors (Lipinski definition) is 1. The Balaban J connectivity index is 1.56. The number of aryl methyl sites for hydroxylation is 2. The van der Waals surface area contributed by atoms with Gasteiger partial charge in [0.15, 0.2) is 0 Å². The summed E-state index contributed by atoms with van der Waals surface area (Å²) in [5.74, 6) is 0.668. The molecule has 7 nitrogen and oxygen atoms in total. The zero-order chi connectivity index (χ0) is 16.8. The largest absolute Gasteiger partial charge is 0.350 e. The Bertz CT molecular complexity index is 815. The molecule has 2 unspecified atom stereocenters. The van der Waals surface area contributed by atoms with E-state index in [0.29, 0.717) is 23.7 Å². The Morgan fingerprint density at radius 3 is 2.71 bits per heavy atom. The zero-order valence-corrected chi connectivity index (χ0v) is 14.2. The molecule has 2 aliphatic rings. The molecule has 0 spiro atoms. The molecule has 2 bridgehead atoms. The molecule has 2 aliphatic heterocycles. The SMILES string of the molecule is Cc1cc(Nc2ccc(N3C4CCC3N(C)C4)cn2)c(=O)n(C)n1. The minimum atomic E-state index is -0.161. The van der Waals surface area contributed by atoms with E-state index in [1.54, 1.807) is 13.1 Å². The van der Waals surface area contributed by atoms with Crippen LogP contribution in [0.3, 0.4) is 0 Å². The monoisotopic (exact) mass is 326 g/mol. The van der Waals surface area contributed by atoms with E-state index in [0.717, 1.165) is 17.9 Å². The first-order valence-corrected chi connectivity index (χ1v) is 8.29. The van der Waals surface area contributed by atoms with E-state index in [-0.39, 0.29) is 5.56 Å². The number of hydrogen-bond acceptors (Lipinski definition) is 6. The fraction of sp³-hybridized carbons (Fsp3) is 0.471. The average molecular weight is 326 g/mol. The molecule has 1 N–H and O–H groups in total. The fourth-order valence-electron chi connectivity index (χ4n) is 3.91. The van der Waals surface area contributed by atoms with Crippen LogP contribution in [0.25, 0.3) is 0 Å². The van der Waals surface area contributed by atoms with Gasteiger partial charge in [-0.15, -0.1) is 0 Å². The predicted octanol–water partition coefficient (Wildman–Crippen LogP) is 1.47. The molecule has 0 aromatic carbocycles. The van der Waals surface area contributed by atoms with Crippen LogP contribution in [0.1, 0.15) is 18.5 Å². The quantitative estimate of drug-likeness (QED) is 0.921. The Kier molecular flexibility index (Phi) is 3.53. The standard InChI is InChI=1S/C17H22N6O/c1-11-8-14(17(24)22(3)20-11)19-15-6-4-12(9-18-15)23-13-5-7-16(23)21(2)10-13/h4,6,8-9,13,16H,5,7,10H2,1-3H3,(H,18,19). The van der Waals surface area contributed by atoms with Crippen LogP contribution < -0.4 is 15.8 Å². The normalized spacial score (nSPS) is 23.0. The Morgan fingerprint density at radius 2 is 2.08 bits per heavy atom. The molecule has 2 saturated heterocycles. The maximum Gasteiger partial charge on any atom is 0.290 e. The third kappa shape index (κ3) is 2.45. The maximum absolute atomic E-state index is 12.1. The van der Waals surface area contributed by atoms with Crippen LogP contribution in [0, 0.1) is 6.92 Å². The van der Waals surface area contributed by atoms with Gasteiger partial charge in [-0.05, 0) is 45.0 Å². The van der Waals surface area contributed by atoms with Crippen molar-refractivity contribution in [3.8, 4) is 0 Å². The van der Waals surface area contributed by atoms with Gasteiger partial charge in [0.1, 0.15) is 11.5 Å². The van der Waals surface area contributed by atoms with Gasteiger partial charge < -0.3 is 10.2 Å². The van der Waals surface area contributed by atoms with Crippen molar-refractivity contribution in [2.75, 3.05) is 23.8 Å². The van der Waals surface area contributed by atoms with E-state index < -0.39 is 0 Å². The Morgan fingerprint density at radius 1 is 1.25 bits per heavy atom. The summed E-state index contributed by atoms with van der Waals surface area (Å²) in [5, 5.41) is 7.21. The van der Waals surface area contributed by atoms with E-state index in [2.05, 4.69) is 38.3 Å². The smallest absolute Gasteiger partial charge is 0.290 e. The van der Waals surface area contributed by atoms with Gasteiger partial charge in [-0.25, -0.2) is 9.67 Å². The lowest BCUT2D eigenvalue weighted by atomic mass is 10.1. The number of likely N-dealkylation sites (tertiary alicyclic amines) is 1. The minimum Gasteiger partial charge on any atom is -0.350 e. The lowest BCUT2D eigenvalue weighted by molar-refractivity contribution is 0.274. The van der Waals surface area contributed by atoms with Crippen LogP contribution in [0.15, 0.2) is 29.2 Å². The second kappa shape index (κ2) is 5.59. The van der Waals surface area contributed by atoms with Gasteiger partial charge in [0, 0.05) is 19.6 Å². The average Bonchev–Trinajstić information content (AvgIpc) is 3.09. The molecule has 0 radical (unpaired) electrons. The minimum absolute atomic E-state index is 0.161. The van der Waals surface area contributed by atoms with Crippen LogP contribution in [0.2, 0.25) is 0 Å². The van der Waals surface area contributed by atoms with Crippen molar-refractivity contribution >= 4 is 17.2 Å². The Labute approximate surface area is 140 Å². The molecule has 0 amide bonds. The number of likely N-dealkylation sites (N-methyl/N-ethyl adjacent to an activating group) is 1. The van der Waals surface area contributed by atoms with Crippen molar-refractivity contribution in [2.24, 2.45) is 7.05 Å². The van der Waals surface area contributed by atoms with E-state index >= 15 is 0 Å². The van der Waals surface area contributed by atoms with E-state index in [9.17, 15) is 4.79 Å². The zero-order valence-electron chi connectivity index (χ0n) is 14.2. The summed E-state index contributed by atoms with van der Waals surface area (Å²) in [4.78, 5) is 21.5. The number of aromatic nitrogens is 3. The van der Waals surface area contributed by atoms with Crippen LogP contribution in [0.4, 0.5) is 17.2 Å². The van der Waals surface area contributed by atoms with E-state index in [4.69, 9.17) is 0 Å². The number of anilines is 3. The summed E-state index contributed by atoms with van der Waals surface area (Å²) >= 11 is 0. The fourth-order valence-corrected chi connectivity index (χ4v) is 3.91. The molecule has 2 aromatic rings. The lowest BCUT2D eigenvalue weighted by Gasteiger charge is -2.25. The van der Waals surface area contributed by atoms with Gasteiger partial charge in [-0.2, -0.15) is 5.10 Å². The summed E-state index contributed by atoms with van der Waals surface area (Å²) in [6.07, 6.45) is 4.85. The van der Waals surface area contributed by atoms with Gasteiger partial charge >= 0.3 is 0 Å². The third-order valence-electron chi connectivity index (χ3n) is 4.97. The van der Waals surface area contributed by atoms with Crippen molar-refractivity contribution in [3.63, 3.8) is 0 Å². The van der Waals surface area contributed by atoms with Crippen LogP contribution in [-0.4, -0.2) is 45.5 Å². The summed E-state index contributed by atoms with van der Waals surface area (Å²) in [7, 11) is 3.83. The first kappa shape index (κ1) is 15.1. The highest BCUT2D eigenvalue weighted by atomic mass is 16.1. The predicted molar refractivity (Wildman–Crippen MR) is 93.7 cm³/mol. The summed E-state index contributed by atoms with van der Waals surface area (Å²) in [6, 6.07) is 6.35. The highest BCUT2D eigenvalue weighted by Gasteiger charge is 2.43. The molecule has 126 valence electrons. The molecule has 0 saturated carbocycles. The number of piperidine rings is 1. The van der Waals surface area contributed by atoms with Gasteiger partial charge in [-0.3, -0.25) is 9.69 Å². The van der Waals surface area contributed by atoms with Crippen molar-refractivity contribution in [2.45, 2.75) is 32.0 Å². The molecule has 0 aliphatic carbocycles. The highest BCUT2D eigenvalue weighted by molar-refractivity contribution is 5.59. The van der Waals surface area contributed by atoms with Crippen molar-refractivity contribution < 1.29 is 0 Å². The molecule has 24 heavy (non-hydrogen) atoms. The molecule has 2 fully saturated rings. The number of rotatable bonds is 3. The number of pyridine rings is 1. The maximum atomic E-state index is 12.1. The topological polar surface area (TPSA) is 66.3 Å². The first-order valence-electron chi connectivity index (χ1n) is 8.29. The second-order valence-corrected chi connectivity index (χ2v) is 6.71. The number of fused-ring (bicyclic) bond motifs is 2.